The van der Waals surface area contributed by atoms with Crippen molar-refractivity contribution in [2.24, 2.45) is 11.7 Å². The molecular formula is C10H20N2. The Kier molecular flexibility index (Phi) is 3.15. The zero-order chi connectivity index (χ0) is 9.14. The molecule has 0 heterocycles. The van der Waals surface area contributed by atoms with E-state index in [-0.39, 0.29) is 0 Å². The van der Waals surface area contributed by atoms with E-state index in [2.05, 4.69) is 25.6 Å². The molecule has 12 heavy (non-hydrogen) atoms. The van der Waals surface area contributed by atoms with E-state index in [9.17, 15) is 0 Å². The van der Waals surface area contributed by atoms with Crippen molar-refractivity contribution in [1.82, 2.24) is 4.90 Å². The summed E-state index contributed by atoms with van der Waals surface area (Å²) in [6.45, 7) is 4.09. The number of nitrogens with zero attached hydrogens (tertiary/aromatic N) is 1. The lowest BCUT2D eigenvalue weighted by Crippen LogP contribution is -2.29. The van der Waals surface area contributed by atoms with E-state index in [0.29, 0.717) is 12.0 Å². The Bertz CT molecular complexity index is 155. The fraction of sp³-hybridized carbons (Fsp3) is 0.800. The Morgan fingerprint density at radius 3 is 2.17 bits per heavy atom. The van der Waals surface area contributed by atoms with Crippen molar-refractivity contribution in [2.45, 2.75) is 31.7 Å². The van der Waals surface area contributed by atoms with Crippen LogP contribution in [0.5, 0.6) is 0 Å². The summed E-state index contributed by atoms with van der Waals surface area (Å²) in [7, 11) is 4.13. The van der Waals surface area contributed by atoms with Gasteiger partial charge in [0.2, 0.25) is 0 Å². The van der Waals surface area contributed by atoms with Gasteiger partial charge in [0.05, 0.1) is 0 Å². The Hall–Kier alpha value is -0.500. The molecule has 1 saturated carbocycles. The van der Waals surface area contributed by atoms with E-state index in [0.717, 1.165) is 12.8 Å². The standard InChI is InChI=1S/C10H20N2/c1-8(12(2)3)9-4-6-10(11)7-5-9/h9-10H,1,4-7,11H2,2-3H3. The summed E-state index contributed by atoms with van der Waals surface area (Å²) in [6, 6.07) is 0.441. The number of hydrogen-bond acceptors (Lipinski definition) is 2. The van der Waals surface area contributed by atoms with Crippen molar-refractivity contribution in [2.75, 3.05) is 14.1 Å². The fourth-order valence-electron chi connectivity index (χ4n) is 1.82. The second-order valence-electron chi connectivity index (χ2n) is 4.00. The van der Waals surface area contributed by atoms with Crippen LogP contribution in [0, 0.1) is 5.92 Å². The van der Waals surface area contributed by atoms with E-state index in [1.807, 2.05) is 0 Å². The summed E-state index contributed by atoms with van der Waals surface area (Å²) < 4.78 is 0. The minimum absolute atomic E-state index is 0.441. The Labute approximate surface area is 75.4 Å². The van der Waals surface area contributed by atoms with Gasteiger partial charge in [0.1, 0.15) is 0 Å². The molecule has 2 heteroatoms. The lowest BCUT2D eigenvalue weighted by molar-refractivity contribution is 0.311. The summed E-state index contributed by atoms with van der Waals surface area (Å²) in [5.74, 6) is 0.680. The Morgan fingerprint density at radius 2 is 1.75 bits per heavy atom. The molecular weight excluding hydrogens is 148 g/mol. The summed E-state index contributed by atoms with van der Waals surface area (Å²) in [5.41, 5.74) is 7.10. The Morgan fingerprint density at radius 1 is 1.25 bits per heavy atom. The summed E-state index contributed by atoms with van der Waals surface area (Å²) in [4.78, 5) is 2.13. The van der Waals surface area contributed by atoms with E-state index in [1.54, 1.807) is 0 Å². The van der Waals surface area contributed by atoms with Crippen LogP contribution in [-0.2, 0) is 0 Å². The Balaban J connectivity index is 2.39. The molecule has 0 atom stereocenters. The van der Waals surface area contributed by atoms with Gasteiger partial charge >= 0.3 is 0 Å². The predicted octanol–water partition coefficient (Wildman–Crippen LogP) is 1.58. The van der Waals surface area contributed by atoms with Gasteiger partial charge in [-0.2, -0.15) is 0 Å². The molecule has 0 aromatic rings. The summed E-state index contributed by atoms with van der Waals surface area (Å²) >= 11 is 0. The maximum Gasteiger partial charge on any atom is 0.00860 e. The highest BCUT2D eigenvalue weighted by Gasteiger charge is 2.21. The van der Waals surface area contributed by atoms with Gasteiger partial charge < -0.3 is 10.6 Å². The van der Waals surface area contributed by atoms with Crippen LogP contribution in [0.15, 0.2) is 12.3 Å². The third kappa shape index (κ3) is 2.24. The highest BCUT2D eigenvalue weighted by atomic mass is 15.1. The molecule has 0 spiro atoms. The first-order valence-corrected chi connectivity index (χ1v) is 4.73. The van der Waals surface area contributed by atoms with Crippen LogP contribution < -0.4 is 5.73 Å². The average Bonchev–Trinajstić information content (AvgIpc) is 2.04. The predicted molar refractivity (Wildman–Crippen MR) is 52.8 cm³/mol. The molecule has 70 valence electrons. The number of rotatable bonds is 2. The van der Waals surface area contributed by atoms with Crippen molar-refractivity contribution < 1.29 is 0 Å². The monoisotopic (exact) mass is 168 g/mol. The maximum absolute atomic E-state index is 5.83. The van der Waals surface area contributed by atoms with E-state index in [1.165, 1.54) is 18.5 Å². The summed E-state index contributed by atoms with van der Waals surface area (Å²) in [6.07, 6.45) is 4.77. The molecule has 2 N–H and O–H groups in total. The molecule has 1 aliphatic rings. The van der Waals surface area contributed by atoms with E-state index < -0.39 is 0 Å². The van der Waals surface area contributed by atoms with E-state index in [4.69, 9.17) is 5.73 Å². The SMILES string of the molecule is C=C(C1CCC(N)CC1)N(C)C. The molecule has 0 unspecified atom stereocenters. The van der Waals surface area contributed by atoms with Gasteiger partial charge in [-0.3, -0.25) is 0 Å². The van der Waals surface area contributed by atoms with Crippen LogP contribution in [0.25, 0.3) is 0 Å². The van der Waals surface area contributed by atoms with Crippen LogP contribution in [-0.4, -0.2) is 25.0 Å². The van der Waals surface area contributed by atoms with Gasteiger partial charge in [0.25, 0.3) is 0 Å². The highest BCUT2D eigenvalue weighted by Crippen LogP contribution is 2.28. The van der Waals surface area contributed by atoms with Gasteiger partial charge in [0.15, 0.2) is 0 Å². The van der Waals surface area contributed by atoms with Gasteiger partial charge in [-0.1, -0.05) is 6.58 Å². The van der Waals surface area contributed by atoms with Gasteiger partial charge in [-0.05, 0) is 31.6 Å². The first kappa shape index (κ1) is 9.59. The quantitative estimate of drug-likeness (QED) is 0.678. The van der Waals surface area contributed by atoms with Crippen molar-refractivity contribution >= 4 is 0 Å². The largest absolute Gasteiger partial charge is 0.381 e. The topological polar surface area (TPSA) is 29.3 Å². The lowest BCUT2D eigenvalue weighted by Gasteiger charge is -2.30. The average molecular weight is 168 g/mol. The van der Waals surface area contributed by atoms with Crippen LogP contribution in [0.2, 0.25) is 0 Å². The van der Waals surface area contributed by atoms with Crippen molar-refractivity contribution in [3.8, 4) is 0 Å². The molecule has 0 amide bonds. The van der Waals surface area contributed by atoms with Crippen LogP contribution in [0.4, 0.5) is 0 Å². The van der Waals surface area contributed by atoms with Crippen LogP contribution in [0.3, 0.4) is 0 Å². The minimum Gasteiger partial charge on any atom is -0.381 e. The van der Waals surface area contributed by atoms with E-state index >= 15 is 0 Å². The van der Waals surface area contributed by atoms with Crippen molar-refractivity contribution in [3.63, 3.8) is 0 Å². The lowest BCUT2D eigenvalue weighted by atomic mass is 9.84. The van der Waals surface area contributed by atoms with Gasteiger partial charge in [0, 0.05) is 25.8 Å². The molecule has 0 aromatic carbocycles. The first-order chi connectivity index (χ1) is 5.61. The first-order valence-electron chi connectivity index (χ1n) is 4.73. The highest BCUT2D eigenvalue weighted by molar-refractivity contribution is 5.00. The fourth-order valence-corrected chi connectivity index (χ4v) is 1.82. The molecule has 2 nitrogen and oxygen atoms in total. The normalized spacial score (nSPS) is 29.9. The van der Waals surface area contributed by atoms with Gasteiger partial charge in [-0.15, -0.1) is 0 Å². The molecule has 1 fully saturated rings. The second-order valence-corrected chi connectivity index (χ2v) is 4.00. The molecule has 0 radical (unpaired) electrons. The third-order valence-corrected chi connectivity index (χ3v) is 2.82. The molecule has 0 bridgehead atoms. The molecule has 1 rings (SSSR count). The third-order valence-electron chi connectivity index (χ3n) is 2.82. The molecule has 0 aliphatic heterocycles. The smallest absolute Gasteiger partial charge is 0.00860 e. The summed E-state index contributed by atoms with van der Waals surface area (Å²) in [5, 5.41) is 0. The minimum atomic E-state index is 0.441. The van der Waals surface area contributed by atoms with Crippen LogP contribution in [0.1, 0.15) is 25.7 Å². The molecule has 0 saturated heterocycles. The number of nitrogens with two attached hydrogens (primary N) is 1. The molecule has 0 aromatic heterocycles. The zero-order valence-corrected chi connectivity index (χ0v) is 8.21. The maximum atomic E-state index is 5.83. The number of allylic oxidation sites excluding steroid dienone is 1. The number of hydrogen-bond donors (Lipinski definition) is 1. The van der Waals surface area contributed by atoms with Crippen LogP contribution >= 0.6 is 0 Å². The second kappa shape index (κ2) is 3.94. The van der Waals surface area contributed by atoms with Gasteiger partial charge in [-0.25, -0.2) is 0 Å². The van der Waals surface area contributed by atoms with Crippen molar-refractivity contribution in [1.29, 1.82) is 0 Å². The zero-order valence-electron chi connectivity index (χ0n) is 8.21. The molecule has 1 aliphatic carbocycles. The van der Waals surface area contributed by atoms with Crippen molar-refractivity contribution in [3.05, 3.63) is 12.3 Å².